The largest absolute Gasteiger partial charge is 0.495 e. The second kappa shape index (κ2) is 4.54. The Morgan fingerprint density at radius 3 is 2.60 bits per heavy atom. The van der Waals surface area contributed by atoms with E-state index >= 15 is 0 Å². The van der Waals surface area contributed by atoms with Gasteiger partial charge in [-0.25, -0.2) is 4.79 Å². The minimum absolute atomic E-state index is 0.195. The Bertz CT molecular complexity index is 364. The van der Waals surface area contributed by atoms with Crippen LogP contribution in [0.4, 0.5) is 16.2 Å². The molecule has 0 heterocycles. The number of urea groups is 1. The van der Waals surface area contributed by atoms with E-state index in [-0.39, 0.29) is 6.03 Å². The van der Waals surface area contributed by atoms with Gasteiger partial charge in [-0.2, -0.15) is 0 Å². The van der Waals surface area contributed by atoms with E-state index < -0.39 is 0 Å². The van der Waals surface area contributed by atoms with Crippen LogP contribution in [0.5, 0.6) is 5.75 Å². The fraction of sp³-hybridized carbons (Fsp3) is 0.300. The summed E-state index contributed by atoms with van der Waals surface area (Å²) >= 11 is 0. The Balaban J connectivity index is 2.80. The van der Waals surface area contributed by atoms with Crippen molar-refractivity contribution in [1.82, 2.24) is 4.90 Å². The van der Waals surface area contributed by atoms with E-state index in [0.717, 1.165) is 0 Å². The summed E-state index contributed by atoms with van der Waals surface area (Å²) in [5, 5.41) is 2.68. The van der Waals surface area contributed by atoms with Gasteiger partial charge in [-0.05, 0) is 18.2 Å². The fourth-order valence-electron chi connectivity index (χ4n) is 1.05. The molecule has 0 radical (unpaired) electrons. The Labute approximate surface area is 88.8 Å². The number of rotatable bonds is 2. The van der Waals surface area contributed by atoms with Crippen LogP contribution < -0.4 is 15.8 Å². The summed E-state index contributed by atoms with van der Waals surface area (Å²) in [7, 11) is 4.88. The normalized spacial score (nSPS) is 9.53. The SMILES string of the molecule is COc1ccc(NC(=O)N(C)C)cc1N. The molecule has 0 fully saturated rings. The molecule has 0 bridgehead atoms. The molecule has 0 spiro atoms. The average Bonchev–Trinajstić information content (AvgIpc) is 2.18. The van der Waals surface area contributed by atoms with Gasteiger partial charge in [-0.1, -0.05) is 0 Å². The standard InChI is InChI=1S/C10H15N3O2/c1-13(2)10(14)12-7-4-5-9(15-3)8(11)6-7/h4-6H,11H2,1-3H3,(H,12,14). The summed E-state index contributed by atoms with van der Waals surface area (Å²) in [6.45, 7) is 0. The fourth-order valence-corrected chi connectivity index (χ4v) is 1.05. The van der Waals surface area contributed by atoms with Gasteiger partial charge in [0.15, 0.2) is 0 Å². The number of nitrogens with two attached hydrogens (primary N) is 1. The van der Waals surface area contributed by atoms with Crippen LogP contribution >= 0.6 is 0 Å². The van der Waals surface area contributed by atoms with Crippen molar-refractivity contribution in [2.75, 3.05) is 32.3 Å². The highest BCUT2D eigenvalue weighted by Crippen LogP contribution is 2.24. The van der Waals surface area contributed by atoms with Crippen LogP contribution in [0, 0.1) is 0 Å². The number of nitrogen functional groups attached to an aromatic ring is 1. The molecule has 3 N–H and O–H groups in total. The van der Waals surface area contributed by atoms with E-state index in [4.69, 9.17) is 10.5 Å². The molecule has 0 aliphatic rings. The van der Waals surface area contributed by atoms with E-state index in [2.05, 4.69) is 5.32 Å². The van der Waals surface area contributed by atoms with Gasteiger partial charge in [-0.15, -0.1) is 0 Å². The predicted molar refractivity (Wildman–Crippen MR) is 60.1 cm³/mol. The number of hydrogen-bond donors (Lipinski definition) is 2. The number of ether oxygens (including phenoxy) is 1. The van der Waals surface area contributed by atoms with E-state index in [1.165, 1.54) is 4.90 Å². The number of amides is 2. The third-order valence-corrected chi connectivity index (χ3v) is 1.89. The molecule has 15 heavy (non-hydrogen) atoms. The highest BCUT2D eigenvalue weighted by atomic mass is 16.5. The first-order valence-corrected chi connectivity index (χ1v) is 4.46. The Hall–Kier alpha value is -1.91. The summed E-state index contributed by atoms with van der Waals surface area (Å²) in [4.78, 5) is 12.8. The minimum Gasteiger partial charge on any atom is -0.495 e. The number of carbonyl (C=O) groups is 1. The second-order valence-corrected chi connectivity index (χ2v) is 3.28. The molecule has 0 saturated carbocycles. The molecular formula is C10H15N3O2. The maximum atomic E-state index is 11.3. The van der Waals surface area contributed by atoms with Crippen molar-refractivity contribution in [2.45, 2.75) is 0 Å². The summed E-state index contributed by atoms with van der Waals surface area (Å²) in [5.41, 5.74) is 6.83. The van der Waals surface area contributed by atoms with Gasteiger partial charge in [-0.3, -0.25) is 0 Å². The molecule has 2 amide bonds. The molecule has 5 nitrogen and oxygen atoms in total. The van der Waals surface area contributed by atoms with Gasteiger partial charge in [0.05, 0.1) is 12.8 Å². The van der Waals surface area contributed by atoms with Gasteiger partial charge in [0, 0.05) is 19.8 Å². The smallest absolute Gasteiger partial charge is 0.321 e. The van der Waals surface area contributed by atoms with Gasteiger partial charge in [0.25, 0.3) is 0 Å². The molecule has 0 aliphatic heterocycles. The van der Waals surface area contributed by atoms with Gasteiger partial charge >= 0.3 is 6.03 Å². The topological polar surface area (TPSA) is 67.6 Å². The first-order valence-electron chi connectivity index (χ1n) is 4.46. The zero-order chi connectivity index (χ0) is 11.4. The molecule has 0 aliphatic carbocycles. The lowest BCUT2D eigenvalue weighted by Crippen LogP contribution is -2.27. The maximum absolute atomic E-state index is 11.3. The van der Waals surface area contributed by atoms with Crippen molar-refractivity contribution in [3.63, 3.8) is 0 Å². The predicted octanol–water partition coefficient (Wildman–Crippen LogP) is 1.37. The minimum atomic E-state index is -0.195. The lowest BCUT2D eigenvalue weighted by molar-refractivity contribution is 0.230. The number of carbonyl (C=O) groups excluding carboxylic acids is 1. The van der Waals surface area contributed by atoms with Crippen LogP contribution in [0.15, 0.2) is 18.2 Å². The lowest BCUT2D eigenvalue weighted by Gasteiger charge is -2.13. The van der Waals surface area contributed by atoms with Gasteiger partial charge < -0.3 is 20.7 Å². The molecule has 0 atom stereocenters. The molecular weight excluding hydrogens is 194 g/mol. The van der Waals surface area contributed by atoms with E-state index in [1.807, 2.05) is 0 Å². The van der Waals surface area contributed by atoms with Gasteiger partial charge in [0.1, 0.15) is 5.75 Å². The molecule has 0 saturated heterocycles. The Kier molecular flexibility index (Phi) is 3.38. The average molecular weight is 209 g/mol. The van der Waals surface area contributed by atoms with Crippen LogP contribution in [0.3, 0.4) is 0 Å². The zero-order valence-corrected chi connectivity index (χ0v) is 9.07. The first kappa shape index (κ1) is 11.2. The second-order valence-electron chi connectivity index (χ2n) is 3.28. The monoisotopic (exact) mass is 209 g/mol. The van der Waals surface area contributed by atoms with E-state index in [9.17, 15) is 4.79 Å². The molecule has 0 aromatic heterocycles. The number of nitrogens with zero attached hydrogens (tertiary/aromatic N) is 1. The van der Waals surface area contributed by atoms with Crippen LogP contribution in [-0.2, 0) is 0 Å². The van der Waals surface area contributed by atoms with Crippen molar-refractivity contribution in [2.24, 2.45) is 0 Å². The highest BCUT2D eigenvalue weighted by molar-refractivity contribution is 5.89. The summed E-state index contributed by atoms with van der Waals surface area (Å²) in [6, 6.07) is 4.90. The first-order chi connectivity index (χ1) is 7.04. The maximum Gasteiger partial charge on any atom is 0.321 e. The van der Waals surface area contributed by atoms with Crippen molar-refractivity contribution in [3.05, 3.63) is 18.2 Å². The van der Waals surface area contributed by atoms with E-state index in [1.54, 1.807) is 39.4 Å². The number of benzene rings is 1. The van der Waals surface area contributed by atoms with Gasteiger partial charge in [0.2, 0.25) is 0 Å². The van der Waals surface area contributed by atoms with Crippen molar-refractivity contribution in [1.29, 1.82) is 0 Å². The van der Waals surface area contributed by atoms with Crippen LogP contribution in [0.1, 0.15) is 0 Å². The molecule has 1 rings (SSSR count). The molecule has 82 valence electrons. The number of methoxy groups -OCH3 is 1. The van der Waals surface area contributed by atoms with E-state index in [0.29, 0.717) is 17.1 Å². The molecule has 0 unspecified atom stereocenters. The number of nitrogens with one attached hydrogen (secondary N) is 1. The van der Waals surface area contributed by atoms with Crippen molar-refractivity contribution >= 4 is 17.4 Å². The molecule has 5 heteroatoms. The van der Waals surface area contributed by atoms with Crippen LogP contribution in [-0.4, -0.2) is 32.1 Å². The third-order valence-electron chi connectivity index (χ3n) is 1.89. The number of hydrogen-bond acceptors (Lipinski definition) is 3. The number of anilines is 2. The third kappa shape index (κ3) is 2.77. The van der Waals surface area contributed by atoms with Crippen LogP contribution in [0.2, 0.25) is 0 Å². The molecule has 1 aromatic rings. The molecule has 1 aromatic carbocycles. The quantitative estimate of drug-likeness (QED) is 0.723. The van der Waals surface area contributed by atoms with Crippen molar-refractivity contribution in [3.8, 4) is 5.75 Å². The zero-order valence-electron chi connectivity index (χ0n) is 9.07. The van der Waals surface area contributed by atoms with Crippen LogP contribution in [0.25, 0.3) is 0 Å². The highest BCUT2D eigenvalue weighted by Gasteiger charge is 2.05. The summed E-state index contributed by atoms with van der Waals surface area (Å²) < 4.78 is 5.00. The summed E-state index contributed by atoms with van der Waals surface area (Å²) in [6.07, 6.45) is 0. The van der Waals surface area contributed by atoms with Crippen molar-refractivity contribution < 1.29 is 9.53 Å². The Morgan fingerprint density at radius 2 is 2.13 bits per heavy atom. The Morgan fingerprint density at radius 1 is 1.47 bits per heavy atom. The lowest BCUT2D eigenvalue weighted by atomic mass is 10.2. The summed E-state index contributed by atoms with van der Waals surface area (Å²) in [5.74, 6) is 0.595.